The number of benzene rings is 2. The highest BCUT2D eigenvalue weighted by Crippen LogP contribution is 2.30. The van der Waals surface area contributed by atoms with E-state index < -0.39 is 0 Å². The number of rotatable bonds is 4. The van der Waals surface area contributed by atoms with Crippen molar-refractivity contribution in [3.8, 4) is 17.1 Å². The number of H-pyrrole nitrogens is 1. The SMILES string of the molecule is Cc1cc(C)c(C(C)C)cc1-c1n[nH]c(=O)n1-c1ccc(N2CCOCC2)cc1. The zero-order chi connectivity index (χ0) is 20.5. The second-order valence-corrected chi connectivity index (χ2v) is 7.98. The summed E-state index contributed by atoms with van der Waals surface area (Å²) in [6, 6.07) is 12.4. The molecular formula is C23H28N4O2. The average molecular weight is 393 g/mol. The number of hydrogen-bond acceptors (Lipinski definition) is 4. The van der Waals surface area contributed by atoms with Crippen LogP contribution in [-0.4, -0.2) is 41.1 Å². The first-order valence-corrected chi connectivity index (χ1v) is 10.2. The Labute approximate surface area is 171 Å². The van der Waals surface area contributed by atoms with Crippen LogP contribution >= 0.6 is 0 Å². The molecule has 1 fully saturated rings. The summed E-state index contributed by atoms with van der Waals surface area (Å²) >= 11 is 0. The maximum Gasteiger partial charge on any atom is 0.348 e. The molecule has 0 amide bonds. The standard InChI is InChI=1S/C23H28N4O2/c1-15(2)20-14-21(17(4)13-16(20)3)22-24-25-23(28)27(22)19-7-5-18(6-8-19)26-9-11-29-12-10-26/h5-8,13-15H,9-12H2,1-4H3,(H,25,28). The predicted molar refractivity (Wildman–Crippen MR) is 116 cm³/mol. The molecule has 4 rings (SSSR count). The zero-order valence-corrected chi connectivity index (χ0v) is 17.5. The molecule has 1 N–H and O–H groups in total. The Hall–Kier alpha value is -2.86. The van der Waals surface area contributed by atoms with Gasteiger partial charge in [0.2, 0.25) is 0 Å². The molecule has 0 unspecified atom stereocenters. The van der Waals surface area contributed by atoms with Gasteiger partial charge in [0.05, 0.1) is 18.9 Å². The van der Waals surface area contributed by atoms with Gasteiger partial charge in [-0.2, -0.15) is 5.10 Å². The molecule has 6 nitrogen and oxygen atoms in total. The van der Waals surface area contributed by atoms with Crippen LogP contribution in [0.2, 0.25) is 0 Å². The third-order valence-electron chi connectivity index (χ3n) is 5.63. The molecule has 1 aliphatic heterocycles. The minimum absolute atomic E-state index is 0.231. The summed E-state index contributed by atoms with van der Waals surface area (Å²) in [4.78, 5) is 14.9. The van der Waals surface area contributed by atoms with Gasteiger partial charge in [-0.25, -0.2) is 14.5 Å². The lowest BCUT2D eigenvalue weighted by atomic mass is 9.93. The lowest BCUT2D eigenvalue weighted by Gasteiger charge is -2.28. The van der Waals surface area contributed by atoms with Gasteiger partial charge in [0, 0.05) is 24.3 Å². The van der Waals surface area contributed by atoms with Crippen molar-refractivity contribution >= 4 is 5.69 Å². The van der Waals surface area contributed by atoms with Crippen LogP contribution in [0.5, 0.6) is 0 Å². The predicted octanol–water partition coefficient (Wildman–Crippen LogP) is 3.80. The van der Waals surface area contributed by atoms with E-state index in [1.807, 2.05) is 12.1 Å². The quantitative estimate of drug-likeness (QED) is 0.733. The molecule has 2 heterocycles. The van der Waals surface area contributed by atoms with Crippen LogP contribution in [0.15, 0.2) is 41.2 Å². The van der Waals surface area contributed by atoms with Crippen LogP contribution in [0.3, 0.4) is 0 Å². The first kappa shape index (κ1) is 19.5. The van der Waals surface area contributed by atoms with E-state index in [9.17, 15) is 4.79 Å². The number of aryl methyl sites for hydroxylation is 2. The monoisotopic (exact) mass is 392 g/mol. The highest BCUT2D eigenvalue weighted by atomic mass is 16.5. The van der Waals surface area contributed by atoms with E-state index >= 15 is 0 Å². The number of morpholine rings is 1. The summed E-state index contributed by atoms with van der Waals surface area (Å²) in [7, 11) is 0. The molecule has 0 radical (unpaired) electrons. The molecule has 3 aromatic rings. The number of ether oxygens (including phenoxy) is 1. The van der Waals surface area contributed by atoms with Crippen molar-refractivity contribution < 1.29 is 4.74 Å². The molecule has 6 heteroatoms. The number of nitrogens with one attached hydrogen (secondary N) is 1. The number of anilines is 1. The van der Waals surface area contributed by atoms with E-state index in [0.717, 1.165) is 48.8 Å². The maximum atomic E-state index is 12.6. The van der Waals surface area contributed by atoms with Gasteiger partial charge in [0.25, 0.3) is 0 Å². The first-order valence-electron chi connectivity index (χ1n) is 10.2. The van der Waals surface area contributed by atoms with Crippen molar-refractivity contribution in [1.29, 1.82) is 0 Å². The van der Waals surface area contributed by atoms with Crippen molar-refractivity contribution in [2.75, 3.05) is 31.2 Å². The van der Waals surface area contributed by atoms with Crippen molar-refractivity contribution in [3.05, 3.63) is 63.6 Å². The van der Waals surface area contributed by atoms with Crippen molar-refractivity contribution in [2.24, 2.45) is 0 Å². The van der Waals surface area contributed by atoms with Gasteiger partial charge in [-0.1, -0.05) is 19.9 Å². The number of aromatic amines is 1. The molecule has 1 aromatic heterocycles. The first-order chi connectivity index (χ1) is 14.0. The fraction of sp³-hybridized carbons (Fsp3) is 0.391. The smallest absolute Gasteiger partial charge is 0.348 e. The van der Waals surface area contributed by atoms with Gasteiger partial charge < -0.3 is 9.64 Å². The zero-order valence-electron chi connectivity index (χ0n) is 17.5. The molecule has 1 saturated heterocycles. The molecule has 0 spiro atoms. The van der Waals surface area contributed by atoms with Gasteiger partial charge in [-0.3, -0.25) is 0 Å². The molecule has 0 aliphatic carbocycles. The molecule has 29 heavy (non-hydrogen) atoms. The summed E-state index contributed by atoms with van der Waals surface area (Å²) in [5.74, 6) is 1.05. The molecule has 2 aromatic carbocycles. The van der Waals surface area contributed by atoms with E-state index in [1.54, 1.807) is 4.57 Å². The van der Waals surface area contributed by atoms with Crippen molar-refractivity contribution in [3.63, 3.8) is 0 Å². The number of aromatic nitrogens is 3. The second-order valence-electron chi connectivity index (χ2n) is 7.98. The molecule has 1 aliphatic rings. The molecule has 0 saturated carbocycles. The Kier molecular flexibility index (Phi) is 5.28. The van der Waals surface area contributed by atoms with Crippen LogP contribution in [0.4, 0.5) is 5.69 Å². The molecule has 152 valence electrons. The van der Waals surface area contributed by atoms with Crippen LogP contribution in [0, 0.1) is 13.8 Å². The third-order valence-corrected chi connectivity index (χ3v) is 5.63. The lowest BCUT2D eigenvalue weighted by Crippen LogP contribution is -2.36. The van der Waals surface area contributed by atoms with E-state index in [1.165, 1.54) is 11.1 Å². The maximum absolute atomic E-state index is 12.6. The average Bonchev–Trinajstić information content (AvgIpc) is 3.10. The molecule has 0 atom stereocenters. The fourth-order valence-corrected chi connectivity index (χ4v) is 4.08. The topological polar surface area (TPSA) is 63.2 Å². The summed E-state index contributed by atoms with van der Waals surface area (Å²) in [6.07, 6.45) is 0. The molecular weight excluding hydrogens is 364 g/mol. The summed E-state index contributed by atoms with van der Waals surface area (Å²) in [5.41, 5.74) is 6.35. The Morgan fingerprint density at radius 2 is 1.66 bits per heavy atom. The normalized spacial score (nSPS) is 14.6. The fourth-order valence-electron chi connectivity index (χ4n) is 4.08. The van der Waals surface area contributed by atoms with Crippen LogP contribution < -0.4 is 10.6 Å². The number of hydrogen-bond donors (Lipinski definition) is 1. The van der Waals surface area contributed by atoms with E-state index in [0.29, 0.717) is 11.7 Å². The Morgan fingerprint density at radius 1 is 1.00 bits per heavy atom. The van der Waals surface area contributed by atoms with Crippen molar-refractivity contribution in [1.82, 2.24) is 14.8 Å². The van der Waals surface area contributed by atoms with Gasteiger partial charge in [0.1, 0.15) is 0 Å². The Morgan fingerprint density at radius 3 is 2.31 bits per heavy atom. The van der Waals surface area contributed by atoms with Crippen LogP contribution in [-0.2, 0) is 4.74 Å². The lowest BCUT2D eigenvalue weighted by molar-refractivity contribution is 0.122. The number of nitrogens with zero attached hydrogens (tertiary/aromatic N) is 3. The minimum Gasteiger partial charge on any atom is -0.378 e. The van der Waals surface area contributed by atoms with E-state index in [-0.39, 0.29) is 5.69 Å². The van der Waals surface area contributed by atoms with Gasteiger partial charge >= 0.3 is 5.69 Å². The Bertz CT molecular complexity index is 1060. The highest BCUT2D eigenvalue weighted by Gasteiger charge is 2.18. The van der Waals surface area contributed by atoms with Gasteiger partial charge in [0.15, 0.2) is 5.82 Å². The second kappa shape index (κ2) is 7.87. The largest absolute Gasteiger partial charge is 0.378 e. The van der Waals surface area contributed by atoms with Crippen LogP contribution in [0.25, 0.3) is 17.1 Å². The van der Waals surface area contributed by atoms with E-state index in [2.05, 4.69) is 67.1 Å². The Balaban J connectivity index is 1.75. The molecule has 0 bridgehead atoms. The summed E-state index contributed by atoms with van der Waals surface area (Å²) in [5, 5.41) is 7.00. The van der Waals surface area contributed by atoms with Gasteiger partial charge in [-0.15, -0.1) is 0 Å². The van der Waals surface area contributed by atoms with Crippen LogP contribution in [0.1, 0.15) is 36.5 Å². The van der Waals surface area contributed by atoms with Gasteiger partial charge in [-0.05, 0) is 66.8 Å². The summed E-state index contributed by atoms with van der Waals surface area (Å²) in [6.45, 7) is 11.8. The minimum atomic E-state index is -0.231. The summed E-state index contributed by atoms with van der Waals surface area (Å²) < 4.78 is 7.09. The van der Waals surface area contributed by atoms with E-state index in [4.69, 9.17) is 4.74 Å². The third kappa shape index (κ3) is 3.72. The van der Waals surface area contributed by atoms with Crippen molar-refractivity contribution in [2.45, 2.75) is 33.6 Å². The highest BCUT2D eigenvalue weighted by molar-refractivity contribution is 5.65.